The summed E-state index contributed by atoms with van der Waals surface area (Å²) in [6.07, 6.45) is -0.272. The van der Waals surface area contributed by atoms with E-state index in [0.717, 1.165) is 0 Å². The van der Waals surface area contributed by atoms with Gasteiger partial charge in [0.1, 0.15) is 0 Å². The van der Waals surface area contributed by atoms with Crippen LogP contribution in [-0.4, -0.2) is 18.5 Å². The molecule has 0 aromatic heterocycles. The molecular weight excluding hydrogens is 269 g/mol. The van der Waals surface area contributed by atoms with Gasteiger partial charge in [-0.2, -0.15) is 0 Å². The zero-order valence-electron chi connectivity index (χ0n) is 8.46. The smallest absolute Gasteiger partial charge is 0.0737 e. The van der Waals surface area contributed by atoms with E-state index in [1.165, 1.54) is 12.1 Å². The number of nitrogens with one attached hydrogen (secondary N) is 1. The first-order valence-electron chi connectivity index (χ1n) is 4.56. The lowest BCUT2D eigenvalue weighted by Crippen LogP contribution is -2.26. The Morgan fingerprint density at radius 1 is 1.24 bits per heavy atom. The van der Waals surface area contributed by atoms with Crippen molar-refractivity contribution in [3.05, 3.63) is 27.7 Å². The summed E-state index contributed by atoms with van der Waals surface area (Å²) in [5, 5.41) is 23.9. The number of hydrogen-bond acceptors (Lipinski definition) is 5. The SMILES string of the molecule is O=C([O-])CCNc1c(Cl)cc(Cl)cc1C(=O)[O-]. The second kappa shape index (κ2) is 5.75. The van der Waals surface area contributed by atoms with Crippen LogP contribution in [0.1, 0.15) is 16.8 Å². The number of aromatic carboxylic acids is 1. The van der Waals surface area contributed by atoms with Gasteiger partial charge in [0.15, 0.2) is 0 Å². The second-order valence-corrected chi connectivity index (χ2v) is 3.99. The quantitative estimate of drug-likeness (QED) is 0.811. The zero-order chi connectivity index (χ0) is 13.0. The number of halogens is 2. The number of carbonyl (C=O) groups is 2. The highest BCUT2D eigenvalue weighted by molar-refractivity contribution is 6.37. The van der Waals surface area contributed by atoms with E-state index < -0.39 is 11.9 Å². The number of rotatable bonds is 5. The van der Waals surface area contributed by atoms with Crippen LogP contribution in [0.3, 0.4) is 0 Å². The molecule has 1 aromatic carbocycles. The lowest BCUT2D eigenvalue weighted by Gasteiger charge is -2.15. The molecule has 0 aliphatic heterocycles. The van der Waals surface area contributed by atoms with Gasteiger partial charge in [-0.15, -0.1) is 0 Å². The predicted molar refractivity (Wildman–Crippen MR) is 58.9 cm³/mol. The Bertz CT molecular complexity index is 462. The zero-order valence-corrected chi connectivity index (χ0v) is 9.97. The van der Waals surface area contributed by atoms with E-state index in [1.807, 2.05) is 0 Å². The molecule has 0 spiro atoms. The summed E-state index contributed by atoms with van der Waals surface area (Å²) in [5.74, 6) is -2.71. The van der Waals surface area contributed by atoms with E-state index in [1.54, 1.807) is 0 Å². The molecule has 17 heavy (non-hydrogen) atoms. The van der Waals surface area contributed by atoms with Gasteiger partial charge in [0.25, 0.3) is 0 Å². The molecule has 1 rings (SSSR count). The van der Waals surface area contributed by atoms with Crippen LogP contribution >= 0.6 is 23.2 Å². The highest BCUT2D eigenvalue weighted by Gasteiger charge is 2.09. The van der Waals surface area contributed by atoms with Crippen LogP contribution in [0, 0.1) is 0 Å². The molecular formula is C10H7Cl2NO4-2. The van der Waals surface area contributed by atoms with Crippen LogP contribution in [0.25, 0.3) is 0 Å². The van der Waals surface area contributed by atoms with Crippen molar-refractivity contribution in [2.24, 2.45) is 0 Å². The van der Waals surface area contributed by atoms with Crippen molar-refractivity contribution in [3.63, 3.8) is 0 Å². The summed E-state index contributed by atoms with van der Waals surface area (Å²) in [5.41, 5.74) is -0.141. The fraction of sp³-hybridized carbons (Fsp3) is 0.200. The Morgan fingerprint density at radius 3 is 2.41 bits per heavy atom. The van der Waals surface area contributed by atoms with Gasteiger partial charge in [-0.1, -0.05) is 23.2 Å². The van der Waals surface area contributed by atoms with Crippen LogP contribution in [0.2, 0.25) is 10.0 Å². The molecule has 1 N–H and O–H groups in total. The van der Waals surface area contributed by atoms with E-state index in [2.05, 4.69) is 5.32 Å². The van der Waals surface area contributed by atoms with Crippen molar-refractivity contribution in [3.8, 4) is 0 Å². The van der Waals surface area contributed by atoms with Crippen LogP contribution in [-0.2, 0) is 4.79 Å². The largest absolute Gasteiger partial charge is 0.550 e. The molecule has 0 amide bonds. The molecule has 0 aliphatic rings. The first kappa shape index (κ1) is 13.6. The molecule has 0 atom stereocenters. The van der Waals surface area contributed by atoms with Gasteiger partial charge in [-0.05, 0) is 12.1 Å². The summed E-state index contributed by atoms with van der Waals surface area (Å²) in [4.78, 5) is 21.0. The van der Waals surface area contributed by atoms with Gasteiger partial charge in [-0.3, -0.25) is 0 Å². The standard InChI is InChI=1S/C10H9Cl2NO4/c11-5-3-6(10(16)17)9(7(12)4-5)13-2-1-8(14)15/h3-4,13H,1-2H2,(H,14,15)(H,16,17)/p-2. The summed E-state index contributed by atoms with van der Waals surface area (Å²) in [6, 6.07) is 2.51. The van der Waals surface area contributed by atoms with Gasteiger partial charge in [0.05, 0.1) is 16.7 Å². The Labute approximate surface area is 107 Å². The van der Waals surface area contributed by atoms with Gasteiger partial charge >= 0.3 is 0 Å². The minimum Gasteiger partial charge on any atom is -0.550 e. The van der Waals surface area contributed by atoms with Crippen molar-refractivity contribution in [1.29, 1.82) is 0 Å². The lowest BCUT2D eigenvalue weighted by molar-refractivity contribution is -0.305. The number of carboxylic acid groups (broad SMARTS) is 2. The lowest BCUT2D eigenvalue weighted by atomic mass is 10.1. The van der Waals surface area contributed by atoms with Gasteiger partial charge in [-0.25, -0.2) is 0 Å². The minimum atomic E-state index is -1.45. The van der Waals surface area contributed by atoms with E-state index in [4.69, 9.17) is 23.2 Å². The predicted octanol–water partition coefficient (Wildman–Crippen LogP) is -0.0912. The highest BCUT2D eigenvalue weighted by Crippen LogP contribution is 2.29. The van der Waals surface area contributed by atoms with Gasteiger partial charge in [0.2, 0.25) is 0 Å². The van der Waals surface area contributed by atoms with Crippen LogP contribution in [0.5, 0.6) is 0 Å². The van der Waals surface area contributed by atoms with E-state index >= 15 is 0 Å². The Kier molecular flexibility index (Phi) is 4.60. The average Bonchev–Trinajstić information content (AvgIpc) is 2.19. The second-order valence-electron chi connectivity index (χ2n) is 3.15. The number of carbonyl (C=O) groups excluding carboxylic acids is 2. The molecule has 92 valence electrons. The number of aliphatic carboxylic acids is 1. The topological polar surface area (TPSA) is 92.3 Å². The fourth-order valence-corrected chi connectivity index (χ4v) is 1.76. The maximum Gasteiger partial charge on any atom is 0.0737 e. The minimum absolute atomic E-state index is 0.00995. The molecule has 0 aliphatic carbocycles. The Morgan fingerprint density at radius 2 is 1.88 bits per heavy atom. The maximum atomic E-state index is 10.8. The Hall–Kier alpha value is -1.46. The molecule has 0 radical (unpaired) electrons. The van der Waals surface area contributed by atoms with Crippen molar-refractivity contribution in [2.75, 3.05) is 11.9 Å². The Balaban J connectivity index is 2.96. The third-order valence-corrected chi connectivity index (χ3v) is 2.42. The van der Waals surface area contributed by atoms with E-state index in [9.17, 15) is 19.8 Å². The fourth-order valence-electron chi connectivity index (χ4n) is 1.20. The summed E-state index contributed by atoms with van der Waals surface area (Å²) in [6.45, 7) is -0.00995. The average molecular weight is 276 g/mol. The summed E-state index contributed by atoms with van der Waals surface area (Å²) >= 11 is 11.4. The molecule has 0 bridgehead atoms. The van der Waals surface area contributed by atoms with Crippen molar-refractivity contribution >= 4 is 40.8 Å². The molecule has 0 heterocycles. The molecule has 0 saturated heterocycles. The van der Waals surface area contributed by atoms with Crippen molar-refractivity contribution < 1.29 is 19.8 Å². The molecule has 0 unspecified atom stereocenters. The number of carboxylic acids is 2. The summed E-state index contributed by atoms with van der Waals surface area (Å²) < 4.78 is 0. The number of hydrogen-bond donors (Lipinski definition) is 1. The molecule has 5 nitrogen and oxygen atoms in total. The van der Waals surface area contributed by atoms with E-state index in [0.29, 0.717) is 0 Å². The molecule has 7 heteroatoms. The van der Waals surface area contributed by atoms with E-state index in [-0.39, 0.29) is 34.3 Å². The van der Waals surface area contributed by atoms with Gasteiger partial charge < -0.3 is 25.1 Å². The first-order chi connectivity index (χ1) is 7.91. The third-order valence-electron chi connectivity index (χ3n) is 1.91. The van der Waals surface area contributed by atoms with Crippen LogP contribution in [0.15, 0.2) is 12.1 Å². The normalized spacial score (nSPS) is 10.0. The van der Waals surface area contributed by atoms with Crippen molar-refractivity contribution in [1.82, 2.24) is 0 Å². The third kappa shape index (κ3) is 3.80. The number of anilines is 1. The maximum absolute atomic E-state index is 10.8. The highest BCUT2D eigenvalue weighted by atomic mass is 35.5. The van der Waals surface area contributed by atoms with Crippen LogP contribution in [0.4, 0.5) is 5.69 Å². The molecule has 1 aromatic rings. The monoisotopic (exact) mass is 275 g/mol. The molecule has 0 fully saturated rings. The number of benzene rings is 1. The van der Waals surface area contributed by atoms with Crippen LogP contribution < -0.4 is 15.5 Å². The van der Waals surface area contributed by atoms with Crippen molar-refractivity contribution in [2.45, 2.75) is 6.42 Å². The molecule has 0 saturated carbocycles. The van der Waals surface area contributed by atoms with Gasteiger partial charge in [0, 0.05) is 29.5 Å². The first-order valence-corrected chi connectivity index (χ1v) is 5.31. The summed E-state index contributed by atoms with van der Waals surface area (Å²) in [7, 11) is 0.